The molecule has 0 aromatic rings. The fourth-order valence-corrected chi connectivity index (χ4v) is 2.35. The Hall–Kier alpha value is -0.420. The number of nitrogens with two attached hydrogens (primary N) is 1. The molecule has 4 nitrogen and oxygen atoms in total. The van der Waals surface area contributed by atoms with Gasteiger partial charge in [0.25, 0.3) is 0 Å². The summed E-state index contributed by atoms with van der Waals surface area (Å²) in [5.74, 6) is 0.152. The van der Waals surface area contributed by atoms with Gasteiger partial charge in [-0.3, -0.25) is 9.00 Å². The van der Waals surface area contributed by atoms with Gasteiger partial charge in [0.15, 0.2) is 0 Å². The molecular weight excluding hydrogens is 200 g/mol. The minimum Gasteiger partial charge on any atom is -0.342 e. The van der Waals surface area contributed by atoms with Crippen molar-refractivity contribution in [3.8, 4) is 0 Å². The van der Waals surface area contributed by atoms with Gasteiger partial charge in [-0.15, -0.1) is 0 Å². The molecule has 0 saturated carbocycles. The maximum atomic E-state index is 11.6. The van der Waals surface area contributed by atoms with Gasteiger partial charge >= 0.3 is 0 Å². The van der Waals surface area contributed by atoms with Crippen LogP contribution in [0.4, 0.5) is 0 Å². The van der Waals surface area contributed by atoms with Crippen LogP contribution in [0.1, 0.15) is 19.8 Å². The summed E-state index contributed by atoms with van der Waals surface area (Å²) in [4.78, 5) is 13.4. The normalized spacial score (nSPS) is 20.9. The molecule has 2 atom stereocenters. The molecule has 0 aliphatic carbocycles. The predicted octanol–water partition coefficient (Wildman–Crippen LogP) is -0.295. The van der Waals surface area contributed by atoms with Gasteiger partial charge in [-0.25, -0.2) is 0 Å². The van der Waals surface area contributed by atoms with Crippen molar-refractivity contribution in [1.29, 1.82) is 0 Å². The van der Waals surface area contributed by atoms with Gasteiger partial charge in [0.2, 0.25) is 5.91 Å². The van der Waals surface area contributed by atoms with Crippen molar-refractivity contribution in [2.75, 3.05) is 25.4 Å². The van der Waals surface area contributed by atoms with Gasteiger partial charge in [-0.05, 0) is 19.8 Å². The maximum Gasteiger partial charge on any atom is 0.235 e. The molecule has 1 amide bonds. The number of nitrogens with zero attached hydrogens (tertiary/aromatic N) is 1. The first-order valence-corrected chi connectivity index (χ1v) is 6.38. The highest BCUT2D eigenvalue weighted by molar-refractivity contribution is 7.86. The zero-order valence-electron chi connectivity index (χ0n) is 8.57. The molecule has 5 heteroatoms. The molecule has 1 heterocycles. The second kappa shape index (κ2) is 5.46. The van der Waals surface area contributed by atoms with Crippen molar-refractivity contribution < 1.29 is 9.00 Å². The molecule has 1 rings (SSSR count). The van der Waals surface area contributed by atoms with Crippen LogP contribution in [-0.2, 0) is 15.6 Å². The first-order valence-electron chi connectivity index (χ1n) is 5.00. The first-order chi connectivity index (χ1) is 6.65. The van der Waals surface area contributed by atoms with E-state index in [1.54, 1.807) is 4.90 Å². The van der Waals surface area contributed by atoms with Gasteiger partial charge in [0.05, 0.1) is 0 Å². The van der Waals surface area contributed by atoms with Crippen LogP contribution in [0.3, 0.4) is 0 Å². The maximum absolute atomic E-state index is 11.6. The smallest absolute Gasteiger partial charge is 0.235 e. The van der Waals surface area contributed by atoms with Gasteiger partial charge in [-0.1, -0.05) is 0 Å². The standard InChI is InChI=1S/C9H18N2O2S/c1-8(6-10)14(13)7-9(12)11-4-2-3-5-11/h8H,2-7,10H2,1H3. The Morgan fingerprint density at radius 3 is 2.57 bits per heavy atom. The minimum absolute atomic E-state index is 0.0149. The van der Waals surface area contributed by atoms with Crippen LogP contribution in [0, 0.1) is 0 Å². The number of amides is 1. The molecule has 1 aliphatic rings. The highest BCUT2D eigenvalue weighted by atomic mass is 32.2. The summed E-state index contributed by atoms with van der Waals surface area (Å²) in [6.07, 6.45) is 2.15. The Morgan fingerprint density at radius 1 is 1.50 bits per heavy atom. The Morgan fingerprint density at radius 2 is 2.07 bits per heavy atom. The third-order valence-corrected chi connectivity index (χ3v) is 4.13. The lowest BCUT2D eigenvalue weighted by Gasteiger charge is -2.16. The van der Waals surface area contributed by atoms with Crippen LogP contribution < -0.4 is 5.73 Å². The van der Waals surface area contributed by atoms with Crippen molar-refractivity contribution in [3.63, 3.8) is 0 Å². The van der Waals surface area contributed by atoms with E-state index in [2.05, 4.69) is 0 Å². The quantitative estimate of drug-likeness (QED) is 0.705. The Bertz CT molecular complexity index is 227. The molecule has 0 spiro atoms. The van der Waals surface area contributed by atoms with Crippen LogP contribution in [0.25, 0.3) is 0 Å². The molecule has 2 unspecified atom stereocenters. The lowest BCUT2D eigenvalue weighted by molar-refractivity contribution is -0.127. The van der Waals surface area contributed by atoms with Crippen LogP contribution in [-0.4, -0.2) is 45.7 Å². The summed E-state index contributed by atoms with van der Waals surface area (Å²) in [5.41, 5.74) is 5.38. The van der Waals surface area contributed by atoms with Crippen LogP contribution in [0.2, 0.25) is 0 Å². The van der Waals surface area contributed by atoms with E-state index >= 15 is 0 Å². The highest BCUT2D eigenvalue weighted by Gasteiger charge is 2.21. The molecule has 1 saturated heterocycles. The number of hydrogen-bond donors (Lipinski definition) is 1. The fraction of sp³-hybridized carbons (Fsp3) is 0.889. The van der Waals surface area contributed by atoms with Gasteiger partial charge < -0.3 is 10.6 Å². The summed E-state index contributed by atoms with van der Waals surface area (Å²) in [6.45, 7) is 3.84. The van der Waals surface area contributed by atoms with Crippen LogP contribution in [0.5, 0.6) is 0 Å². The number of likely N-dealkylation sites (tertiary alicyclic amines) is 1. The summed E-state index contributed by atoms with van der Waals surface area (Å²) in [6, 6.07) is 0. The van der Waals surface area contributed by atoms with E-state index in [0.717, 1.165) is 25.9 Å². The summed E-state index contributed by atoms with van der Waals surface area (Å²) in [5, 5.41) is -0.0819. The summed E-state index contributed by atoms with van der Waals surface area (Å²) >= 11 is 0. The second-order valence-corrected chi connectivity index (χ2v) is 5.51. The number of carbonyl (C=O) groups is 1. The first kappa shape index (κ1) is 11.7. The average molecular weight is 218 g/mol. The van der Waals surface area contributed by atoms with E-state index in [9.17, 15) is 9.00 Å². The van der Waals surface area contributed by atoms with Crippen molar-refractivity contribution in [1.82, 2.24) is 4.90 Å². The Labute approximate surface area is 87.3 Å². The van der Waals surface area contributed by atoms with E-state index in [1.165, 1.54) is 0 Å². The molecule has 0 aromatic carbocycles. The number of hydrogen-bond acceptors (Lipinski definition) is 3. The molecule has 2 N–H and O–H groups in total. The summed E-state index contributed by atoms with van der Waals surface area (Å²) < 4.78 is 11.5. The Kier molecular flexibility index (Phi) is 4.54. The molecule has 0 bridgehead atoms. The zero-order valence-corrected chi connectivity index (χ0v) is 9.39. The number of rotatable bonds is 4. The van der Waals surface area contributed by atoms with E-state index in [0.29, 0.717) is 6.54 Å². The van der Waals surface area contributed by atoms with Gasteiger partial charge in [-0.2, -0.15) is 0 Å². The van der Waals surface area contributed by atoms with Crippen molar-refractivity contribution in [3.05, 3.63) is 0 Å². The molecule has 82 valence electrons. The predicted molar refractivity (Wildman–Crippen MR) is 57.3 cm³/mol. The molecule has 1 fully saturated rings. The van der Waals surface area contributed by atoms with E-state index in [1.807, 2.05) is 6.92 Å². The van der Waals surface area contributed by atoms with E-state index < -0.39 is 10.8 Å². The average Bonchev–Trinajstić information content (AvgIpc) is 2.69. The number of carbonyl (C=O) groups excluding carboxylic acids is 1. The lowest BCUT2D eigenvalue weighted by atomic mass is 10.4. The molecular formula is C9H18N2O2S. The summed E-state index contributed by atoms with van der Waals surface area (Å²) in [7, 11) is -1.11. The largest absolute Gasteiger partial charge is 0.342 e. The Balaban J connectivity index is 2.35. The third kappa shape index (κ3) is 3.06. The van der Waals surface area contributed by atoms with Crippen LogP contribution in [0.15, 0.2) is 0 Å². The lowest BCUT2D eigenvalue weighted by Crippen LogP contribution is -2.35. The molecule has 14 heavy (non-hydrogen) atoms. The molecule has 1 aliphatic heterocycles. The second-order valence-electron chi connectivity index (χ2n) is 3.66. The fourth-order valence-electron chi connectivity index (χ4n) is 1.43. The minimum atomic E-state index is -1.11. The SMILES string of the molecule is CC(CN)S(=O)CC(=O)N1CCCC1. The highest BCUT2D eigenvalue weighted by Crippen LogP contribution is 2.08. The molecule has 0 aromatic heterocycles. The monoisotopic (exact) mass is 218 g/mol. The van der Waals surface area contributed by atoms with Crippen LogP contribution >= 0.6 is 0 Å². The van der Waals surface area contributed by atoms with Gasteiger partial charge in [0.1, 0.15) is 5.75 Å². The van der Waals surface area contributed by atoms with Crippen molar-refractivity contribution in [2.45, 2.75) is 25.0 Å². The third-order valence-electron chi connectivity index (χ3n) is 2.51. The van der Waals surface area contributed by atoms with E-state index in [-0.39, 0.29) is 16.9 Å². The zero-order chi connectivity index (χ0) is 10.6. The topological polar surface area (TPSA) is 63.4 Å². The molecule has 0 radical (unpaired) electrons. The van der Waals surface area contributed by atoms with Crippen molar-refractivity contribution >= 4 is 16.7 Å². The van der Waals surface area contributed by atoms with Gasteiger partial charge in [0, 0.05) is 35.7 Å². The van der Waals surface area contributed by atoms with E-state index in [4.69, 9.17) is 5.73 Å². The van der Waals surface area contributed by atoms with Crippen molar-refractivity contribution in [2.24, 2.45) is 5.73 Å².